The summed E-state index contributed by atoms with van der Waals surface area (Å²) in [5, 5.41) is 3.72. The zero-order chi connectivity index (χ0) is 14.9. The summed E-state index contributed by atoms with van der Waals surface area (Å²) in [6, 6.07) is 11.8. The average Bonchev–Trinajstić information content (AvgIpc) is 2.46. The summed E-state index contributed by atoms with van der Waals surface area (Å²) in [7, 11) is -3.61. The molecule has 0 fully saturated rings. The van der Waals surface area contributed by atoms with Gasteiger partial charge >= 0.3 is 0 Å². The molecule has 2 N–H and O–H groups in total. The second-order valence-electron chi connectivity index (χ2n) is 4.97. The fraction of sp³-hybridized carbons (Fsp3) is 0.200. The van der Waals surface area contributed by atoms with Gasteiger partial charge in [0.15, 0.2) is 0 Å². The Bertz CT molecular complexity index is 779. The van der Waals surface area contributed by atoms with Crippen LogP contribution in [0.1, 0.15) is 12.0 Å². The van der Waals surface area contributed by atoms with Gasteiger partial charge in [0.2, 0.25) is 0 Å². The number of fused-ring (bicyclic) bond motifs is 1. The fourth-order valence-corrected chi connectivity index (χ4v) is 3.64. The Labute approximate surface area is 141 Å². The smallest absolute Gasteiger partial charge is 0.261 e. The van der Waals surface area contributed by atoms with Crippen molar-refractivity contribution in [2.45, 2.75) is 17.7 Å². The van der Waals surface area contributed by atoms with Gasteiger partial charge in [-0.05, 0) is 48.7 Å². The van der Waals surface area contributed by atoms with E-state index >= 15 is 0 Å². The van der Waals surface area contributed by atoms with Gasteiger partial charge in [0.05, 0.1) is 10.6 Å². The molecule has 0 unspecified atom stereocenters. The number of sulfonamides is 1. The molecule has 0 radical (unpaired) electrons. The van der Waals surface area contributed by atoms with Crippen molar-refractivity contribution < 1.29 is 8.42 Å². The van der Waals surface area contributed by atoms with E-state index in [1.54, 1.807) is 36.4 Å². The van der Waals surface area contributed by atoms with Crippen LogP contribution >= 0.6 is 24.0 Å². The van der Waals surface area contributed by atoms with Gasteiger partial charge in [0, 0.05) is 17.3 Å². The zero-order valence-electron chi connectivity index (χ0n) is 11.7. The van der Waals surface area contributed by atoms with Crippen molar-refractivity contribution in [3.63, 3.8) is 0 Å². The fourth-order valence-electron chi connectivity index (χ4n) is 2.37. The van der Waals surface area contributed by atoms with Crippen molar-refractivity contribution in [2.24, 2.45) is 0 Å². The summed E-state index contributed by atoms with van der Waals surface area (Å²) < 4.78 is 27.4. The maximum absolute atomic E-state index is 12.4. The van der Waals surface area contributed by atoms with Crippen LogP contribution in [0.3, 0.4) is 0 Å². The molecule has 2 aromatic rings. The van der Waals surface area contributed by atoms with Crippen molar-refractivity contribution in [2.75, 3.05) is 16.6 Å². The Morgan fingerprint density at radius 1 is 1.14 bits per heavy atom. The lowest BCUT2D eigenvalue weighted by molar-refractivity contribution is 0.601. The first-order valence-corrected chi connectivity index (χ1v) is 8.56. The predicted molar refractivity (Wildman–Crippen MR) is 92.8 cm³/mol. The first-order valence-electron chi connectivity index (χ1n) is 6.70. The van der Waals surface area contributed by atoms with Gasteiger partial charge in [-0.25, -0.2) is 8.42 Å². The van der Waals surface area contributed by atoms with E-state index in [9.17, 15) is 8.42 Å². The standard InChI is InChI=1S/C15H15ClN2O2S.ClH/c16-12-4-1-5-13(9-12)18-21(19,20)14-7-6-11-3-2-8-17-15(11)10-14;/h1,4-7,9-10,17-18H,2-3,8H2;1H. The molecule has 0 aliphatic carbocycles. The summed E-state index contributed by atoms with van der Waals surface area (Å²) in [5.41, 5.74) is 2.51. The van der Waals surface area contributed by atoms with Gasteiger partial charge in [0.25, 0.3) is 10.0 Å². The molecule has 4 nitrogen and oxygen atoms in total. The molecule has 3 rings (SSSR count). The van der Waals surface area contributed by atoms with Gasteiger partial charge < -0.3 is 5.32 Å². The third-order valence-corrected chi connectivity index (χ3v) is 5.02. The van der Waals surface area contributed by atoms with E-state index in [1.807, 2.05) is 6.07 Å². The number of halogens is 2. The lowest BCUT2D eigenvalue weighted by atomic mass is 10.0. The minimum absolute atomic E-state index is 0. The topological polar surface area (TPSA) is 58.2 Å². The number of anilines is 2. The molecule has 0 spiro atoms. The second kappa shape index (κ2) is 6.77. The van der Waals surface area contributed by atoms with Crippen LogP contribution in [0, 0.1) is 0 Å². The van der Waals surface area contributed by atoms with Crippen LogP contribution in [0.15, 0.2) is 47.4 Å². The maximum atomic E-state index is 12.4. The molecule has 1 heterocycles. The van der Waals surface area contributed by atoms with Crippen LogP contribution in [-0.4, -0.2) is 15.0 Å². The molecule has 0 saturated carbocycles. The van der Waals surface area contributed by atoms with Crippen molar-refractivity contribution in [1.82, 2.24) is 0 Å². The molecule has 1 aliphatic rings. The Balaban J connectivity index is 0.00000176. The normalized spacial score (nSPS) is 13.5. The summed E-state index contributed by atoms with van der Waals surface area (Å²) in [4.78, 5) is 0.246. The third kappa shape index (κ3) is 3.66. The van der Waals surface area contributed by atoms with Crippen molar-refractivity contribution in [1.29, 1.82) is 0 Å². The van der Waals surface area contributed by atoms with E-state index in [0.717, 1.165) is 30.6 Å². The molecule has 118 valence electrons. The summed E-state index contributed by atoms with van der Waals surface area (Å²) in [5.74, 6) is 0. The van der Waals surface area contributed by atoms with E-state index in [0.29, 0.717) is 10.7 Å². The zero-order valence-corrected chi connectivity index (χ0v) is 14.1. The summed E-state index contributed by atoms with van der Waals surface area (Å²) in [6.45, 7) is 0.873. The quantitative estimate of drug-likeness (QED) is 0.873. The molecule has 0 saturated heterocycles. The van der Waals surface area contributed by atoms with Crippen molar-refractivity contribution in [3.8, 4) is 0 Å². The summed E-state index contributed by atoms with van der Waals surface area (Å²) >= 11 is 5.87. The number of hydrogen-bond acceptors (Lipinski definition) is 3. The Morgan fingerprint density at radius 2 is 1.95 bits per heavy atom. The number of aryl methyl sites for hydroxylation is 1. The molecule has 22 heavy (non-hydrogen) atoms. The maximum Gasteiger partial charge on any atom is 0.261 e. The minimum atomic E-state index is -3.61. The van der Waals surface area contributed by atoms with Crippen LogP contribution in [0.4, 0.5) is 11.4 Å². The number of hydrogen-bond donors (Lipinski definition) is 2. The molecule has 0 bridgehead atoms. The van der Waals surface area contributed by atoms with E-state index < -0.39 is 10.0 Å². The first-order chi connectivity index (χ1) is 10.0. The minimum Gasteiger partial charge on any atom is -0.385 e. The largest absolute Gasteiger partial charge is 0.385 e. The second-order valence-corrected chi connectivity index (χ2v) is 7.08. The van der Waals surface area contributed by atoms with Crippen LogP contribution in [0.2, 0.25) is 5.02 Å². The average molecular weight is 359 g/mol. The Hall–Kier alpha value is -1.43. The number of benzene rings is 2. The van der Waals surface area contributed by atoms with Crippen LogP contribution in [-0.2, 0) is 16.4 Å². The summed E-state index contributed by atoms with van der Waals surface area (Å²) in [6.07, 6.45) is 2.05. The van der Waals surface area contributed by atoms with E-state index in [-0.39, 0.29) is 17.3 Å². The first kappa shape index (κ1) is 16.9. The van der Waals surface area contributed by atoms with Gasteiger partial charge in [-0.2, -0.15) is 0 Å². The molecule has 0 amide bonds. The van der Waals surface area contributed by atoms with Crippen LogP contribution in [0.25, 0.3) is 0 Å². The molecule has 0 atom stereocenters. The van der Waals surface area contributed by atoms with Gasteiger partial charge in [-0.1, -0.05) is 23.7 Å². The molecule has 2 aromatic carbocycles. The Morgan fingerprint density at radius 3 is 2.73 bits per heavy atom. The monoisotopic (exact) mass is 358 g/mol. The molecule has 0 aromatic heterocycles. The Kier molecular flexibility index (Phi) is 5.21. The van der Waals surface area contributed by atoms with E-state index in [4.69, 9.17) is 11.6 Å². The highest BCUT2D eigenvalue weighted by molar-refractivity contribution is 7.92. The number of nitrogens with one attached hydrogen (secondary N) is 2. The highest BCUT2D eigenvalue weighted by atomic mass is 35.5. The van der Waals surface area contributed by atoms with E-state index in [1.165, 1.54) is 0 Å². The molecular weight excluding hydrogens is 343 g/mol. The predicted octanol–water partition coefficient (Wildman–Crippen LogP) is 3.92. The lowest BCUT2D eigenvalue weighted by Gasteiger charge is -2.19. The van der Waals surface area contributed by atoms with Gasteiger partial charge in [-0.15, -0.1) is 12.4 Å². The van der Waals surface area contributed by atoms with Crippen molar-refractivity contribution in [3.05, 3.63) is 53.1 Å². The number of rotatable bonds is 3. The lowest BCUT2D eigenvalue weighted by Crippen LogP contribution is -2.16. The van der Waals surface area contributed by atoms with Crippen molar-refractivity contribution >= 4 is 45.4 Å². The van der Waals surface area contributed by atoms with Gasteiger partial charge in [-0.3, -0.25) is 4.72 Å². The van der Waals surface area contributed by atoms with Crippen LogP contribution < -0.4 is 10.0 Å². The van der Waals surface area contributed by atoms with Gasteiger partial charge in [0.1, 0.15) is 0 Å². The highest BCUT2D eigenvalue weighted by Crippen LogP contribution is 2.26. The third-order valence-electron chi connectivity index (χ3n) is 3.41. The molecule has 1 aliphatic heterocycles. The molecule has 7 heteroatoms. The van der Waals surface area contributed by atoms with E-state index in [2.05, 4.69) is 10.0 Å². The molecular formula is C15H16Cl2N2O2S. The highest BCUT2D eigenvalue weighted by Gasteiger charge is 2.17. The SMILES string of the molecule is Cl.O=S(=O)(Nc1cccc(Cl)c1)c1ccc2c(c1)NCCC2. The van der Waals surface area contributed by atoms with Crippen LogP contribution in [0.5, 0.6) is 0 Å².